The molecule has 4 aliphatic rings. The number of likely N-dealkylation sites (tertiary alicyclic amines) is 2. The third-order valence-corrected chi connectivity index (χ3v) is 9.54. The van der Waals surface area contributed by atoms with Crippen molar-refractivity contribution in [2.45, 2.75) is 134 Å². The zero-order valence-corrected chi connectivity index (χ0v) is 23.5. The van der Waals surface area contributed by atoms with Crippen LogP contribution in [0.1, 0.15) is 97.8 Å². The van der Waals surface area contributed by atoms with E-state index < -0.39 is 42.0 Å². The van der Waals surface area contributed by atoms with Crippen LogP contribution in [0.2, 0.25) is 0 Å². The maximum absolute atomic E-state index is 14.3. The summed E-state index contributed by atoms with van der Waals surface area (Å²) in [4.78, 5) is 68.6. The van der Waals surface area contributed by atoms with Crippen molar-refractivity contribution in [3.05, 3.63) is 4.91 Å². The van der Waals surface area contributed by atoms with Crippen LogP contribution in [0.5, 0.6) is 0 Å². The van der Waals surface area contributed by atoms with E-state index in [1.54, 1.807) is 23.6 Å². The first-order valence-corrected chi connectivity index (χ1v) is 14.9. The molecular weight excluding hydrogens is 504 g/mol. The molecule has 0 aromatic rings. The van der Waals surface area contributed by atoms with E-state index >= 15 is 0 Å². The van der Waals surface area contributed by atoms with Crippen LogP contribution < -0.4 is 0 Å². The van der Waals surface area contributed by atoms with E-state index in [1.807, 2.05) is 6.92 Å². The molecular formula is C28H44N4O7. The molecule has 1 N–H and O–H groups in total. The second-order valence-corrected chi connectivity index (χ2v) is 11.8. The minimum absolute atomic E-state index is 0.116. The molecule has 0 spiro atoms. The lowest BCUT2D eigenvalue weighted by atomic mass is 9.84. The molecule has 2 heterocycles. The molecule has 4 rings (SSSR count). The Bertz CT molecular complexity index is 945. The Labute approximate surface area is 230 Å². The van der Waals surface area contributed by atoms with Crippen LogP contribution in [0.25, 0.3) is 0 Å². The van der Waals surface area contributed by atoms with Gasteiger partial charge in [-0.3, -0.25) is 9.59 Å². The summed E-state index contributed by atoms with van der Waals surface area (Å²) in [6.07, 6.45) is 9.14. The standard InChI is InChI=1S/C28H44N4O7/c1-4-10-22(28(37)39-5-2)32(29-38)17(3)25(33)30-20-13-8-6-11-18(20)15-23(30)26(34)31-21-14-9-7-12-19(21)16-24(31)27(35)36/h17-24H,4-16H2,1-3H3,(H,35,36)/t17-,18-,19-,20-,21-,22-,23-,24-/m0/s1. The number of carboxylic acid groups (broad SMARTS) is 1. The third kappa shape index (κ3) is 5.63. The predicted molar refractivity (Wildman–Crippen MR) is 142 cm³/mol. The highest BCUT2D eigenvalue weighted by atomic mass is 16.5. The Hall–Kier alpha value is -2.72. The summed E-state index contributed by atoms with van der Waals surface area (Å²) < 4.78 is 5.17. The van der Waals surface area contributed by atoms with Gasteiger partial charge >= 0.3 is 11.9 Å². The molecule has 0 aromatic carbocycles. The number of esters is 1. The summed E-state index contributed by atoms with van der Waals surface area (Å²) in [5.74, 6) is -1.98. The monoisotopic (exact) mass is 548 g/mol. The summed E-state index contributed by atoms with van der Waals surface area (Å²) in [6.45, 7) is 5.24. The Morgan fingerprint density at radius 3 is 2.03 bits per heavy atom. The first-order valence-electron chi connectivity index (χ1n) is 14.9. The molecule has 0 radical (unpaired) electrons. The van der Waals surface area contributed by atoms with E-state index in [2.05, 4.69) is 5.29 Å². The molecule has 218 valence electrons. The Morgan fingerprint density at radius 1 is 0.923 bits per heavy atom. The summed E-state index contributed by atoms with van der Waals surface area (Å²) in [5.41, 5.74) is 0. The highest BCUT2D eigenvalue weighted by molar-refractivity contribution is 5.93. The van der Waals surface area contributed by atoms with Crippen molar-refractivity contribution in [3.63, 3.8) is 0 Å². The van der Waals surface area contributed by atoms with Gasteiger partial charge in [-0.1, -0.05) is 39.0 Å². The highest BCUT2D eigenvalue weighted by Crippen LogP contribution is 2.45. The highest BCUT2D eigenvalue weighted by Gasteiger charge is 2.55. The third-order valence-electron chi connectivity index (χ3n) is 9.54. The number of carbonyl (C=O) groups is 4. The van der Waals surface area contributed by atoms with Gasteiger partial charge in [-0.2, -0.15) is 0 Å². The van der Waals surface area contributed by atoms with Gasteiger partial charge in [0, 0.05) is 12.1 Å². The van der Waals surface area contributed by atoms with Crippen molar-refractivity contribution < 1.29 is 29.0 Å². The SMILES string of the molecule is CCC[C@@H](C(=O)OCC)N(N=O)[C@@H](C)C(=O)N1[C@H](C(=O)N2[C@H](C(=O)O)C[C@@H]3CCCC[C@@H]32)C[C@@H]2CCCC[C@@H]21. The van der Waals surface area contributed by atoms with Gasteiger partial charge < -0.3 is 19.6 Å². The van der Waals surface area contributed by atoms with Crippen LogP contribution in [-0.4, -0.2) is 86.5 Å². The minimum Gasteiger partial charge on any atom is -0.480 e. The molecule has 2 saturated heterocycles. The van der Waals surface area contributed by atoms with Gasteiger partial charge in [0.15, 0.2) is 0 Å². The average Bonchev–Trinajstić information content (AvgIpc) is 3.51. The van der Waals surface area contributed by atoms with Crippen molar-refractivity contribution in [2.75, 3.05) is 6.61 Å². The largest absolute Gasteiger partial charge is 0.480 e. The lowest BCUT2D eigenvalue weighted by Crippen LogP contribution is -2.59. The van der Waals surface area contributed by atoms with Gasteiger partial charge in [0.25, 0.3) is 0 Å². The second-order valence-electron chi connectivity index (χ2n) is 11.8. The lowest BCUT2D eigenvalue weighted by Gasteiger charge is -2.40. The molecule has 2 aliphatic carbocycles. The predicted octanol–water partition coefficient (Wildman–Crippen LogP) is 3.49. The van der Waals surface area contributed by atoms with Crippen molar-refractivity contribution >= 4 is 23.8 Å². The van der Waals surface area contributed by atoms with Crippen LogP contribution in [-0.2, 0) is 23.9 Å². The van der Waals surface area contributed by atoms with Gasteiger partial charge in [-0.25, -0.2) is 14.6 Å². The number of hydrogen-bond donors (Lipinski definition) is 1. The molecule has 39 heavy (non-hydrogen) atoms. The number of nitroso groups, excluding NO2 is 1. The van der Waals surface area contributed by atoms with Crippen LogP contribution in [0.3, 0.4) is 0 Å². The summed E-state index contributed by atoms with van der Waals surface area (Å²) in [5, 5.41) is 14.1. The fraction of sp³-hybridized carbons (Fsp3) is 0.857. The molecule has 2 amide bonds. The van der Waals surface area contributed by atoms with E-state index in [9.17, 15) is 29.2 Å². The van der Waals surface area contributed by atoms with Crippen molar-refractivity contribution in [3.8, 4) is 0 Å². The molecule has 4 fully saturated rings. The smallest absolute Gasteiger partial charge is 0.330 e. The van der Waals surface area contributed by atoms with Gasteiger partial charge in [0.2, 0.25) is 11.8 Å². The first kappa shape index (κ1) is 29.3. The summed E-state index contributed by atoms with van der Waals surface area (Å²) in [6, 6.07) is -4.00. The molecule has 11 heteroatoms. The van der Waals surface area contributed by atoms with Crippen molar-refractivity contribution in [1.82, 2.24) is 14.8 Å². The minimum atomic E-state index is -1.07. The lowest BCUT2D eigenvalue weighted by molar-refractivity contribution is -0.158. The second kappa shape index (κ2) is 12.6. The maximum atomic E-state index is 14.3. The van der Waals surface area contributed by atoms with Crippen LogP contribution in [0.15, 0.2) is 5.29 Å². The maximum Gasteiger partial charge on any atom is 0.330 e. The van der Waals surface area contributed by atoms with E-state index in [-0.39, 0.29) is 36.4 Å². The topological polar surface area (TPSA) is 137 Å². The number of rotatable bonds is 10. The molecule has 2 aliphatic heterocycles. The normalized spacial score (nSPS) is 31.6. The van der Waals surface area contributed by atoms with Crippen molar-refractivity contribution in [1.29, 1.82) is 0 Å². The first-order chi connectivity index (χ1) is 18.7. The van der Waals surface area contributed by atoms with E-state index in [1.165, 1.54) is 0 Å². The molecule has 11 nitrogen and oxygen atoms in total. The van der Waals surface area contributed by atoms with Gasteiger partial charge in [-0.15, -0.1) is 4.91 Å². The summed E-state index contributed by atoms with van der Waals surface area (Å²) in [7, 11) is 0. The van der Waals surface area contributed by atoms with Gasteiger partial charge in [0.1, 0.15) is 24.2 Å². The number of hydrogen-bond acceptors (Lipinski definition) is 7. The van der Waals surface area contributed by atoms with Gasteiger partial charge in [0.05, 0.1) is 11.9 Å². The van der Waals surface area contributed by atoms with E-state index in [0.717, 1.165) is 56.4 Å². The van der Waals surface area contributed by atoms with Crippen LogP contribution in [0, 0.1) is 16.7 Å². The number of fused-ring (bicyclic) bond motifs is 2. The number of carbonyl (C=O) groups excluding carboxylic acids is 3. The van der Waals surface area contributed by atoms with Crippen molar-refractivity contribution in [2.24, 2.45) is 17.1 Å². The van der Waals surface area contributed by atoms with Crippen LogP contribution in [0.4, 0.5) is 0 Å². The zero-order chi connectivity index (χ0) is 28.3. The Kier molecular flexibility index (Phi) is 9.48. The number of amides is 2. The number of carboxylic acids is 1. The fourth-order valence-corrected chi connectivity index (χ4v) is 7.76. The molecule has 0 aromatic heterocycles. The van der Waals surface area contributed by atoms with E-state index in [4.69, 9.17) is 4.74 Å². The van der Waals surface area contributed by atoms with Gasteiger partial charge in [-0.05, 0) is 70.6 Å². The molecule has 8 atom stereocenters. The Balaban J connectivity index is 1.64. The average molecular weight is 549 g/mol. The van der Waals surface area contributed by atoms with Crippen LogP contribution >= 0.6 is 0 Å². The fourth-order valence-electron chi connectivity index (χ4n) is 7.76. The molecule has 0 bridgehead atoms. The molecule has 2 saturated carbocycles. The zero-order valence-electron chi connectivity index (χ0n) is 23.5. The number of aliphatic carboxylic acids is 1. The summed E-state index contributed by atoms with van der Waals surface area (Å²) >= 11 is 0. The Morgan fingerprint density at radius 2 is 1.49 bits per heavy atom. The molecule has 0 unspecified atom stereocenters. The quantitative estimate of drug-likeness (QED) is 0.249. The number of ether oxygens (including phenoxy) is 1. The van der Waals surface area contributed by atoms with E-state index in [0.29, 0.717) is 25.7 Å². The number of nitrogens with zero attached hydrogens (tertiary/aromatic N) is 4.